The third-order valence-electron chi connectivity index (χ3n) is 4.55. The van der Waals surface area contributed by atoms with Crippen LogP contribution in [0, 0.1) is 11.8 Å². The van der Waals surface area contributed by atoms with E-state index in [1.165, 1.54) is 19.3 Å². The lowest BCUT2D eigenvalue weighted by Gasteiger charge is -2.37. The molecule has 0 saturated heterocycles. The summed E-state index contributed by atoms with van der Waals surface area (Å²) in [6.45, 7) is 2.93. The van der Waals surface area contributed by atoms with Gasteiger partial charge >= 0.3 is 0 Å². The van der Waals surface area contributed by atoms with Crippen LogP contribution < -0.4 is 0 Å². The van der Waals surface area contributed by atoms with Gasteiger partial charge in [0.1, 0.15) is 5.60 Å². The smallest absolute Gasteiger partial charge is 0.106 e. The molecule has 3 heteroatoms. The van der Waals surface area contributed by atoms with Crippen molar-refractivity contribution in [2.24, 2.45) is 11.8 Å². The van der Waals surface area contributed by atoms with Crippen molar-refractivity contribution in [3.8, 4) is 0 Å². The summed E-state index contributed by atoms with van der Waals surface area (Å²) in [7, 11) is 0. The molecule has 1 aromatic heterocycles. The maximum Gasteiger partial charge on any atom is 0.106 e. The number of nitrogens with zero attached hydrogens (tertiary/aromatic N) is 2. The predicted molar refractivity (Wildman–Crippen MR) is 66.5 cm³/mol. The van der Waals surface area contributed by atoms with Crippen LogP contribution in [0.3, 0.4) is 0 Å². The fraction of sp³-hybridized carbons (Fsp3) is 0.786. The molecule has 3 rings (SSSR count). The van der Waals surface area contributed by atoms with Crippen molar-refractivity contribution in [3.63, 3.8) is 0 Å². The van der Waals surface area contributed by atoms with Gasteiger partial charge in [-0.05, 0) is 63.4 Å². The maximum absolute atomic E-state index is 10.9. The van der Waals surface area contributed by atoms with Crippen LogP contribution in [0.2, 0.25) is 0 Å². The quantitative estimate of drug-likeness (QED) is 0.873. The molecule has 0 spiro atoms. The average Bonchev–Trinajstić information content (AvgIpc) is 3.06. The molecule has 0 amide bonds. The van der Waals surface area contributed by atoms with E-state index in [4.69, 9.17) is 0 Å². The molecule has 2 saturated carbocycles. The lowest BCUT2D eigenvalue weighted by molar-refractivity contribution is -0.0322. The topological polar surface area (TPSA) is 38.0 Å². The summed E-state index contributed by atoms with van der Waals surface area (Å²) in [5, 5.41) is 15.2. The van der Waals surface area contributed by atoms with Crippen LogP contribution in [-0.4, -0.2) is 14.9 Å². The Morgan fingerprint density at radius 2 is 2.24 bits per heavy atom. The Morgan fingerprint density at radius 1 is 1.41 bits per heavy atom. The van der Waals surface area contributed by atoms with E-state index in [1.807, 2.05) is 16.9 Å². The van der Waals surface area contributed by atoms with Gasteiger partial charge in [0.05, 0.1) is 5.69 Å². The minimum atomic E-state index is -0.613. The Morgan fingerprint density at radius 3 is 2.94 bits per heavy atom. The minimum absolute atomic E-state index is 0.613. The second-order valence-electron chi connectivity index (χ2n) is 5.76. The van der Waals surface area contributed by atoms with E-state index in [0.717, 1.165) is 43.3 Å². The van der Waals surface area contributed by atoms with Gasteiger partial charge < -0.3 is 5.11 Å². The van der Waals surface area contributed by atoms with E-state index in [2.05, 4.69) is 12.0 Å². The Balaban J connectivity index is 1.83. The standard InChI is InChI=1S/C14H22N2O/c1-2-16-13(7-9-15-16)14(17)8-3-4-12(10-14)11-5-6-11/h7,9,11-12,17H,2-6,8,10H2,1H3. The van der Waals surface area contributed by atoms with Crippen LogP contribution in [-0.2, 0) is 12.1 Å². The number of hydrogen-bond acceptors (Lipinski definition) is 2. The van der Waals surface area contributed by atoms with E-state index in [1.54, 1.807) is 0 Å². The largest absolute Gasteiger partial charge is 0.384 e. The van der Waals surface area contributed by atoms with Crippen LogP contribution in [0.5, 0.6) is 0 Å². The summed E-state index contributed by atoms with van der Waals surface area (Å²) in [6, 6.07) is 2.00. The van der Waals surface area contributed by atoms with Gasteiger partial charge in [0.25, 0.3) is 0 Å². The van der Waals surface area contributed by atoms with Crippen molar-refractivity contribution >= 4 is 0 Å². The highest BCUT2D eigenvalue weighted by atomic mass is 16.3. The first-order valence-electron chi connectivity index (χ1n) is 6.97. The Kier molecular flexibility index (Phi) is 2.74. The summed E-state index contributed by atoms with van der Waals surface area (Å²) in [5.74, 6) is 1.65. The average molecular weight is 234 g/mol. The van der Waals surface area contributed by atoms with Crippen molar-refractivity contribution in [2.45, 2.75) is 57.6 Å². The molecule has 2 aliphatic rings. The molecule has 17 heavy (non-hydrogen) atoms. The Labute approximate surface area is 103 Å². The van der Waals surface area contributed by atoms with Crippen LogP contribution in [0.25, 0.3) is 0 Å². The molecule has 0 radical (unpaired) electrons. The number of aryl methyl sites for hydroxylation is 1. The monoisotopic (exact) mass is 234 g/mol. The molecule has 1 aromatic rings. The number of rotatable bonds is 3. The van der Waals surface area contributed by atoms with Gasteiger partial charge in [-0.1, -0.05) is 0 Å². The Hall–Kier alpha value is -0.830. The number of aliphatic hydroxyl groups is 1. The van der Waals surface area contributed by atoms with Crippen LogP contribution in [0.4, 0.5) is 0 Å². The first-order chi connectivity index (χ1) is 8.23. The molecule has 0 bridgehead atoms. The zero-order valence-electron chi connectivity index (χ0n) is 10.6. The first kappa shape index (κ1) is 11.3. The summed E-state index contributed by atoms with van der Waals surface area (Å²) in [6.07, 6.45) is 8.91. The van der Waals surface area contributed by atoms with Crippen molar-refractivity contribution in [1.29, 1.82) is 0 Å². The van der Waals surface area contributed by atoms with E-state index < -0.39 is 5.60 Å². The van der Waals surface area contributed by atoms with Crippen molar-refractivity contribution in [3.05, 3.63) is 18.0 Å². The molecule has 2 unspecified atom stereocenters. The van der Waals surface area contributed by atoms with Gasteiger partial charge in [0.15, 0.2) is 0 Å². The fourth-order valence-corrected chi connectivity index (χ4v) is 3.48. The van der Waals surface area contributed by atoms with E-state index in [-0.39, 0.29) is 0 Å². The van der Waals surface area contributed by atoms with Crippen molar-refractivity contribution in [1.82, 2.24) is 9.78 Å². The molecule has 1 heterocycles. The molecule has 1 N–H and O–H groups in total. The molecule has 0 aromatic carbocycles. The van der Waals surface area contributed by atoms with Crippen LogP contribution in [0.15, 0.2) is 12.3 Å². The summed E-state index contributed by atoms with van der Waals surface area (Å²) < 4.78 is 1.95. The van der Waals surface area contributed by atoms with Crippen molar-refractivity contribution < 1.29 is 5.11 Å². The van der Waals surface area contributed by atoms with E-state index >= 15 is 0 Å². The third kappa shape index (κ3) is 2.01. The predicted octanol–water partition coefficient (Wildman–Crippen LogP) is 2.69. The minimum Gasteiger partial charge on any atom is -0.384 e. The zero-order chi connectivity index (χ0) is 11.9. The summed E-state index contributed by atoms with van der Waals surface area (Å²) >= 11 is 0. The van der Waals surface area contributed by atoms with Gasteiger partial charge in [-0.2, -0.15) is 5.10 Å². The lowest BCUT2D eigenvalue weighted by Crippen LogP contribution is -2.35. The van der Waals surface area contributed by atoms with Gasteiger partial charge in [0.2, 0.25) is 0 Å². The molecular weight excluding hydrogens is 212 g/mol. The highest BCUT2D eigenvalue weighted by molar-refractivity contribution is 5.14. The number of hydrogen-bond donors (Lipinski definition) is 1. The first-order valence-corrected chi connectivity index (χ1v) is 6.97. The Bertz CT molecular complexity index is 397. The van der Waals surface area contributed by atoms with Crippen LogP contribution in [0.1, 0.15) is 51.1 Å². The van der Waals surface area contributed by atoms with E-state index in [9.17, 15) is 5.11 Å². The highest BCUT2D eigenvalue weighted by Gasteiger charge is 2.43. The van der Waals surface area contributed by atoms with E-state index in [0.29, 0.717) is 0 Å². The summed E-state index contributed by atoms with van der Waals surface area (Å²) in [5.41, 5.74) is 0.420. The molecule has 2 atom stereocenters. The second kappa shape index (κ2) is 4.13. The summed E-state index contributed by atoms with van der Waals surface area (Å²) in [4.78, 5) is 0. The molecule has 94 valence electrons. The molecule has 2 aliphatic carbocycles. The lowest BCUT2D eigenvalue weighted by atomic mass is 9.74. The highest BCUT2D eigenvalue weighted by Crippen LogP contribution is 2.49. The molecule has 2 fully saturated rings. The van der Waals surface area contributed by atoms with Crippen molar-refractivity contribution in [2.75, 3.05) is 0 Å². The third-order valence-corrected chi connectivity index (χ3v) is 4.55. The van der Waals surface area contributed by atoms with Gasteiger partial charge in [-0.25, -0.2) is 0 Å². The SMILES string of the molecule is CCn1nccc1C1(O)CCCC(C2CC2)C1. The van der Waals surface area contributed by atoms with Gasteiger partial charge in [0, 0.05) is 12.7 Å². The normalized spacial score (nSPS) is 33.9. The van der Waals surface area contributed by atoms with Gasteiger partial charge in [-0.15, -0.1) is 0 Å². The fourth-order valence-electron chi connectivity index (χ4n) is 3.48. The zero-order valence-corrected chi connectivity index (χ0v) is 10.6. The van der Waals surface area contributed by atoms with Gasteiger partial charge in [-0.3, -0.25) is 4.68 Å². The maximum atomic E-state index is 10.9. The molecule has 0 aliphatic heterocycles. The molecular formula is C14H22N2O. The van der Waals surface area contributed by atoms with Crippen LogP contribution >= 0.6 is 0 Å². The second-order valence-corrected chi connectivity index (χ2v) is 5.76. The number of aromatic nitrogens is 2. The molecule has 3 nitrogen and oxygen atoms in total.